The quantitative estimate of drug-likeness (QED) is 0.374. The number of aryl methyl sites for hydroxylation is 1. The van der Waals surface area contributed by atoms with Gasteiger partial charge in [-0.25, -0.2) is 4.57 Å². The van der Waals surface area contributed by atoms with E-state index in [0.29, 0.717) is 12.0 Å². The Morgan fingerprint density at radius 3 is 1.87 bits per heavy atom. The molecule has 4 aromatic rings. The summed E-state index contributed by atoms with van der Waals surface area (Å²) in [7, 11) is 0. The van der Waals surface area contributed by atoms with Gasteiger partial charge in [0.05, 0.1) is 44.8 Å². The molecule has 0 aliphatic heterocycles. The molecule has 0 saturated heterocycles. The monoisotopic (exact) mass is 423 g/mol. The molecule has 158 valence electrons. The fourth-order valence-corrected chi connectivity index (χ4v) is 3.94. The number of hydrogen-bond donors (Lipinski definition) is 1. The van der Waals surface area contributed by atoms with Crippen molar-refractivity contribution in [1.29, 1.82) is 0 Å². The second-order valence-electron chi connectivity index (χ2n) is 7.34. The van der Waals surface area contributed by atoms with E-state index < -0.39 is 39.8 Å². The average Bonchev–Trinajstić information content (AvgIpc) is 3.13. The largest absolute Gasteiger partial charge is 0.394 e. The maximum atomic E-state index is 13.0. The van der Waals surface area contributed by atoms with E-state index in [1.807, 2.05) is 0 Å². The van der Waals surface area contributed by atoms with Crippen molar-refractivity contribution < 1.29 is 10.0 Å². The lowest BCUT2D eigenvalue weighted by molar-refractivity contribution is -0.384. The Bertz CT molecular complexity index is 1500. The van der Waals surface area contributed by atoms with Crippen molar-refractivity contribution in [3.05, 3.63) is 87.4 Å². The molecular weight excluding hydrogens is 406 g/mol. The number of fused-ring (bicyclic) bond motifs is 2. The first-order chi connectivity index (χ1) is 14.7. The van der Waals surface area contributed by atoms with Crippen molar-refractivity contribution in [1.82, 2.24) is 9.13 Å². The van der Waals surface area contributed by atoms with Crippen molar-refractivity contribution in [2.45, 2.75) is 26.3 Å². The van der Waals surface area contributed by atoms with Gasteiger partial charge in [0.25, 0.3) is 27.9 Å². The number of nitro benzene ring substituents is 1. The third kappa shape index (κ3) is 2.83. The first-order valence-corrected chi connectivity index (χ1v) is 9.51. The summed E-state index contributed by atoms with van der Waals surface area (Å²) in [6.45, 7) is 2.87. The summed E-state index contributed by atoms with van der Waals surface area (Å²) in [6.07, 6.45) is 0.354. The molecule has 0 spiro atoms. The Kier molecular flexibility index (Phi) is 4.66. The fourth-order valence-electron chi connectivity index (χ4n) is 3.94. The average molecular weight is 423 g/mol. The lowest BCUT2D eigenvalue weighted by Gasteiger charge is -2.10. The highest BCUT2D eigenvalue weighted by molar-refractivity contribution is 5.98. The van der Waals surface area contributed by atoms with Crippen molar-refractivity contribution in [3.8, 4) is 5.69 Å². The summed E-state index contributed by atoms with van der Waals surface area (Å²) in [4.78, 5) is 62.0. The van der Waals surface area contributed by atoms with Crippen LogP contribution in [0.2, 0.25) is 0 Å². The number of nitro groups is 1. The van der Waals surface area contributed by atoms with Gasteiger partial charge in [0.1, 0.15) is 0 Å². The van der Waals surface area contributed by atoms with Crippen LogP contribution in [0.3, 0.4) is 0 Å². The summed E-state index contributed by atoms with van der Waals surface area (Å²) < 4.78 is 1.83. The molecule has 2 aromatic carbocycles. The van der Waals surface area contributed by atoms with Gasteiger partial charge in [-0.15, -0.1) is 0 Å². The number of aromatic nitrogens is 2. The van der Waals surface area contributed by atoms with Crippen LogP contribution >= 0.6 is 0 Å². The predicted molar refractivity (Wildman–Crippen MR) is 114 cm³/mol. The molecule has 1 unspecified atom stereocenters. The minimum Gasteiger partial charge on any atom is -0.394 e. The normalized spacial score (nSPS) is 12.6. The molecule has 10 heteroatoms. The van der Waals surface area contributed by atoms with Crippen molar-refractivity contribution >= 4 is 27.2 Å². The zero-order chi connectivity index (χ0) is 22.6. The molecule has 0 bridgehead atoms. The molecule has 0 fully saturated rings. The maximum absolute atomic E-state index is 13.0. The van der Waals surface area contributed by atoms with Crippen LogP contribution in [0.25, 0.3) is 27.2 Å². The van der Waals surface area contributed by atoms with E-state index >= 15 is 0 Å². The molecule has 0 radical (unpaired) electrons. The molecule has 10 nitrogen and oxygen atoms in total. The summed E-state index contributed by atoms with van der Waals surface area (Å²) in [5.41, 5.74) is -2.28. The third-order valence-electron chi connectivity index (χ3n) is 5.60. The van der Waals surface area contributed by atoms with Gasteiger partial charge < -0.3 is 5.11 Å². The van der Waals surface area contributed by atoms with Crippen LogP contribution in [0.15, 0.2) is 49.5 Å². The van der Waals surface area contributed by atoms with Crippen LogP contribution in [0, 0.1) is 17.0 Å². The van der Waals surface area contributed by atoms with E-state index in [1.165, 1.54) is 37.3 Å². The van der Waals surface area contributed by atoms with Gasteiger partial charge in [-0.2, -0.15) is 0 Å². The van der Waals surface area contributed by atoms with Crippen LogP contribution < -0.4 is 22.2 Å². The van der Waals surface area contributed by atoms with Crippen LogP contribution in [0.1, 0.15) is 24.9 Å². The molecule has 0 aliphatic carbocycles. The summed E-state index contributed by atoms with van der Waals surface area (Å²) in [5.74, 6) is 0. The predicted octanol–water partition coefficient (Wildman–Crippen LogP) is 1.06. The maximum Gasteiger partial charge on any atom is 0.269 e. The van der Waals surface area contributed by atoms with Crippen LogP contribution in [-0.2, 0) is 0 Å². The van der Waals surface area contributed by atoms with Gasteiger partial charge in [-0.05, 0) is 37.1 Å². The van der Waals surface area contributed by atoms with Gasteiger partial charge >= 0.3 is 0 Å². The Hall–Kier alpha value is -3.92. The molecule has 2 heterocycles. The third-order valence-corrected chi connectivity index (χ3v) is 5.60. The zero-order valence-electron chi connectivity index (χ0n) is 16.6. The van der Waals surface area contributed by atoms with E-state index in [4.69, 9.17) is 0 Å². The van der Waals surface area contributed by atoms with Gasteiger partial charge in [-0.3, -0.25) is 33.9 Å². The smallest absolute Gasteiger partial charge is 0.269 e. The second-order valence-corrected chi connectivity index (χ2v) is 7.34. The minimum atomic E-state index is -0.701. The molecule has 0 saturated carbocycles. The van der Waals surface area contributed by atoms with Gasteiger partial charge in [0, 0.05) is 12.1 Å². The lowest BCUT2D eigenvalue weighted by atomic mass is 10.1. The Balaban J connectivity index is 2.04. The summed E-state index contributed by atoms with van der Waals surface area (Å²) in [5, 5.41) is 20.4. The zero-order valence-corrected chi connectivity index (χ0v) is 16.6. The summed E-state index contributed by atoms with van der Waals surface area (Å²) in [6, 6.07) is 5.52. The first-order valence-electron chi connectivity index (χ1n) is 9.51. The van der Waals surface area contributed by atoms with E-state index in [2.05, 4.69) is 0 Å². The lowest BCUT2D eigenvalue weighted by Crippen LogP contribution is -2.31. The molecule has 4 rings (SSSR count). The second kappa shape index (κ2) is 7.10. The van der Waals surface area contributed by atoms with Crippen LogP contribution in [0.5, 0.6) is 0 Å². The number of aliphatic hydroxyl groups excluding tert-OH is 1. The highest BCUT2D eigenvalue weighted by Gasteiger charge is 2.23. The highest BCUT2D eigenvalue weighted by Crippen LogP contribution is 2.21. The van der Waals surface area contributed by atoms with Gasteiger partial charge in [0.2, 0.25) is 0 Å². The Labute approximate surface area is 173 Å². The molecule has 1 atom stereocenters. The summed E-state index contributed by atoms with van der Waals surface area (Å²) >= 11 is 0. The number of benzene rings is 2. The highest BCUT2D eigenvalue weighted by atomic mass is 16.6. The number of non-ortho nitro benzene ring substituents is 1. The van der Waals surface area contributed by atoms with Crippen LogP contribution in [0.4, 0.5) is 5.69 Å². The number of rotatable bonds is 5. The number of aliphatic hydroxyl groups is 1. The van der Waals surface area contributed by atoms with E-state index in [0.717, 1.165) is 9.13 Å². The SMILES string of the molecule is CCC(CO)n1c(=O)c2cc3c(=O)n(-c4ccc([N+](=O)[O-])cc4C)c(=O)c3cc2c1=O. The minimum absolute atomic E-state index is 0.000860. The standard InChI is InChI=1S/C21H17N3O7/c1-3-11(9-25)22-18(26)13-7-15-16(8-14(13)19(22)27)21(29)23(20(15)28)17-5-4-12(24(30)31)6-10(17)2/h4-8,11,25H,3,9H2,1-2H3. The van der Waals surface area contributed by atoms with Crippen molar-refractivity contribution in [3.63, 3.8) is 0 Å². The molecule has 0 amide bonds. The fraction of sp³-hybridized carbons (Fsp3) is 0.238. The Morgan fingerprint density at radius 1 is 0.935 bits per heavy atom. The first kappa shape index (κ1) is 20.4. The molecule has 31 heavy (non-hydrogen) atoms. The topological polar surface area (TPSA) is 142 Å². The van der Waals surface area contributed by atoms with Crippen molar-refractivity contribution in [2.75, 3.05) is 6.61 Å². The van der Waals surface area contributed by atoms with E-state index in [-0.39, 0.29) is 32.9 Å². The molecule has 1 N–H and O–H groups in total. The molecule has 0 aliphatic rings. The van der Waals surface area contributed by atoms with Crippen molar-refractivity contribution in [2.24, 2.45) is 0 Å². The number of hydrogen-bond acceptors (Lipinski definition) is 7. The van der Waals surface area contributed by atoms with E-state index in [9.17, 15) is 34.4 Å². The van der Waals surface area contributed by atoms with E-state index in [1.54, 1.807) is 6.92 Å². The van der Waals surface area contributed by atoms with Gasteiger partial charge in [0.15, 0.2) is 0 Å². The Morgan fingerprint density at radius 2 is 1.45 bits per heavy atom. The molecule has 2 aromatic heterocycles. The van der Waals surface area contributed by atoms with Crippen LogP contribution in [-0.4, -0.2) is 25.8 Å². The molecular formula is C21H17N3O7. The number of nitrogens with zero attached hydrogens (tertiary/aromatic N) is 3. The van der Waals surface area contributed by atoms with Gasteiger partial charge in [-0.1, -0.05) is 6.92 Å².